The third kappa shape index (κ3) is 3.56. The molecule has 5 rings (SSSR count). The number of oxazole rings is 1. The quantitative estimate of drug-likeness (QED) is 0.512. The number of fused-ring (bicyclic) bond motifs is 1. The molecule has 0 radical (unpaired) electrons. The van der Waals surface area contributed by atoms with Crippen LogP contribution in [0, 0.1) is 0 Å². The van der Waals surface area contributed by atoms with Gasteiger partial charge >= 0.3 is 0 Å². The Morgan fingerprint density at radius 1 is 0.966 bits per heavy atom. The SMILES string of the molecule is O=C(c1cccn1Cc1ccccc1)N1CCC(c2nc3ccccc3o2)CC1. The number of benzene rings is 2. The van der Waals surface area contributed by atoms with Crippen LogP contribution in [0.5, 0.6) is 0 Å². The zero-order chi connectivity index (χ0) is 19.6. The Morgan fingerprint density at radius 2 is 1.72 bits per heavy atom. The molecule has 5 heteroatoms. The largest absolute Gasteiger partial charge is 0.440 e. The van der Waals surface area contributed by atoms with Crippen molar-refractivity contribution in [2.45, 2.75) is 25.3 Å². The maximum Gasteiger partial charge on any atom is 0.270 e. The fourth-order valence-corrected chi connectivity index (χ4v) is 4.08. The van der Waals surface area contributed by atoms with Crippen molar-refractivity contribution in [3.8, 4) is 0 Å². The fraction of sp³-hybridized carbons (Fsp3) is 0.250. The molecule has 1 fully saturated rings. The fourth-order valence-electron chi connectivity index (χ4n) is 4.08. The summed E-state index contributed by atoms with van der Waals surface area (Å²) in [5, 5.41) is 0. The van der Waals surface area contributed by atoms with E-state index >= 15 is 0 Å². The van der Waals surface area contributed by atoms with Crippen LogP contribution in [0.15, 0.2) is 77.3 Å². The Labute approximate surface area is 169 Å². The third-order valence-corrected chi connectivity index (χ3v) is 5.69. The standard InChI is InChI=1S/C24H23N3O2/c28-24(21-10-6-14-27(21)17-18-7-2-1-3-8-18)26-15-12-19(13-16-26)23-25-20-9-4-5-11-22(20)29-23/h1-11,14,19H,12-13,15-17H2. The predicted octanol–water partition coefficient (Wildman–Crippen LogP) is 4.70. The van der Waals surface area contributed by atoms with Crippen LogP contribution in [0.25, 0.3) is 11.1 Å². The molecule has 0 unspecified atom stereocenters. The van der Waals surface area contributed by atoms with E-state index in [1.54, 1.807) is 0 Å². The van der Waals surface area contributed by atoms with E-state index in [9.17, 15) is 4.79 Å². The van der Waals surface area contributed by atoms with Gasteiger partial charge in [-0.25, -0.2) is 4.98 Å². The van der Waals surface area contributed by atoms with Crippen molar-refractivity contribution in [1.82, 2.24) is 14.5 Å². The van der Waals surface area contributed by atoms with E-state index in [2.05, 4.69) is 17.1 Å². The molecule has 3 heterocycles. The molecule has 29 heavy (non-hydrogen) atoms. The second-order valence-electron chi connectivity index (χ2n) is 7.59. The van der Waals surface area contributed by atoms with Crippen LogP contribution >= 0.6 is 0 Å². The molecule has 5 nitrogen and oxygen atoms in total. The molecule has 0 N–H and O–H groups in total. The number of para-hydroxylation sites is 2. The molecule has 146 valence electrons. The van der Waals surface area contributed by atoms with E-state index in [-0.39, 0.29) is 11.8 Å². The van der Waals surface area contributed by atoms with Crippen LogP contribution in [0.1, 0.15) is 40.7 Å². The van der Waals surface area contributed by atoms with Crippen molar-refractivity contribution < 1.29 is 9.21 Å². The first-order chi connectivity index (χ1) is 14.3. The highest BCUT2D eigenvalue weighted by molar-refractivity contribution is 5.92. The Morgan fingerprint density at radius 3 is 2.52 bits per heavy atom. The Kier molecular flexibility index (Phi) is 4.64. The first kappa shape index (κ1) is 17.7. The van der Waals surface area contributed by atoms with Crippen LogP contribution in [-0.4, -0.2) is 33.4 Å². The molecule has 0 saturated carbocycles. The van der Waals surface area contributed by atoms with Crippen LogP contribution < -0.4 is 0 Å². The van der Waals surface area contributed by atoms with E-state index < -0.39 is 0 Å². The summed E-state index contributed by atoms with van der Waals surface area (Å²) in [6, 6.07) is 21.9. The molecule has 0 aliphatic carbocycles. The van der Waals surface area contributed by atoms with Gasteiger partial charge in [-0.2, -0.15) is 0 Å². The van der Waals surface area contributed by atoms with Crippen molar-refractivity contribution in [1.29, 1.82) is 0 Å². The van der Waals surface area contributed by atoms with Crippen LogP contribution in [0.3, 0.4) is 0 Å². The maximum atomic E-state index is 13.1. The molecule has 1 amide bonds. The molecular weight excluding hydrogens is 362 g/mol. The third-order valence-electron chi connectivity index (χ3n) is 5.69. The lowest BCUT2D eigenvalue weighted by Gasteiger charge is -2.31. The summed E-state index contributed by atoms with van der Waals surface area (Å²) in [4.78, 5) is 19.7. The van der Waals surface area contributed by atoms with Gasteiger partial charge in [-0.05, 0) is 42.7 Å². The molecule has 0 atom stereocenters. The summed E-state index contributed by atoms with van der Waals surface area (Å²) in [6.45, 7) is 2.14. The van der Waals surface area contributed by atoms with Gasteiger partial charge in [0.2, 0.25) is 0 Å². The average Bonchev–Trinajstić information content (AvgIpc) is 3.41. The monoisotopic (exact) mass is 385 g/mol. The predicted molar refractivity (Wildman–Crippen MR) is 112 cm³/mol. The highest BCUT2D eigenvalue weighted by Gasteiger charge is 2.28. The minimum atomic E-state index is 0.0990. The van der Waals surface area contributed by atoms with Crippen molar-refractivity contribution >= 4 is 17.0 Å². The normalized spacial score (nSPS) is 15.1. The second-order valence-corrected chi connectivity index (χ2v) is 7.59. The van der Waals surface area contributed by atoms with Gasteiger partial charge in [0.15, 0.2) is 11.5 Å². The summed E-state index contributed by atoms with van der Waals surface area (Å²) in [7, 11) is 0. The molecule has 2 aromatic carbocycles. The molecule has 0 bridgehead atoms. The van der Waals surface area contributed by atoms with Crippen molar-refractivity contribution in [2.24, 2.45) is 0 Å². The van der Waals surface area contributed by atoms with Crippen molar-refractivity contribution in [3.05, 3.63) is 90.1 Å². The summed E-state index contributed by atoms with van der Waals surface area (Å²) in [6.07, 6.45) is 3.72. The highest BCUT2D eigenvalue weighted by atomic mass is 16.3. The van der Waals surface area contributed by atoms with Gasteiger partial charge < -0.3 is 13.9 Å². The van der Waals surface area contributed by atoms with E-state index in [1.807, 2.05) is 70.3 Å². The Hall–Kier alpha value is -3.34. The first-order valence-corrected chi connectivity index (χ1v) is 10.1. The number of aromatic nitrogens is 2. The summed E-state index contributed by atoms with van der Waals surface area (Å²) >= 11 is 0. The van der Waals surface area contributed by atoms with Gasteiger partial charge in [0.1, 0.15) is 11.2 Å². The van der Waals surface area contributed by atoms with Crippen LogP contribution in [0.4, 0.5) is 0 Å². The summed E-state index contributed by atoms with van der Waals surface area (Å²) in [5.74, 6) is 1.16. The number of carbonyl (C=O) groups is 1. The number of amides is 1. The lowest BCUT2D eigenvalue weighted by atomic mass is 9.96. The second kappa shape index (κ2) is 7.59. The van der Waals surface area contributed by atoms with Crippen LogP contribution in [0.2, 0.25) is 0 Å². The van der Waals surface area contributed by atoms with E-state index in [4.69, 9.17) is 4.42 Å². The van der Waals surface area contributed by atoms with Gasteiger partial charge in [0, 0.05) is 31.7 Å². The highest BCUT2D eigenvalue weighted by Crippen LogP contribution is 2.30. The van der Waals surface area contributed by atoms with Gasteiger partial charge in [-0.15, -0.1) is 0 Å². The molecule has 0 spiro atoms. The number of nitrogens with zero attached hydrogens (tertiary/aromatic N) is 3. The number of likely N-dealkylation sites (tertiary alicyclic amines) is 1. The van der Waals surface area contributed by atoms with Gasteiger partial charge in [-0.3, -0.25) is 4.79 Å². The Bertz CT molecular complexity index is 1090. The summed E-state index contributed by atoms with van der Waals surface area (Å²) in [5.41, 5.74) is 3.67. The molecule has 1 aliphatic heterocycles. The molecule has 1 saturated heterocycles. The number of carbonyl (C=O) groups excluding carboxylic acids is 1. The number of piperidine rings is 1. The smallest absolute Gasteiger partial charge is 0.270 e. The van der Waals surface area contributed by atoms with E-state index in [1.165, 1.54) is 5.56 Å². The molecular formula is C24H23N3O2. The van der Waals surface area contributed by atoms with Gasteiger partial charge in [0.25, 0.3) is 5.91 Å². The van der Waals surface area contributed by atoms with Crippen molar-refractivity contribution in [2.75, 3.05) is 13.1 Å². The van der Waals surface area contributed by atoms with E-state index in [0.29, 0.717) is 6.54 Å². The molecule has 4 aromatic rings. The molecule has 1 aliphatic rings. The zero-order valence-electron chi connectivity index (χ0n) is 16.2. The zero-order valence-corrected chi connectivity index (χ0v) is 16.2. The number of rotatable bonds is 4. The lowest BCUT2D eigenvalue weighted by molar-refractivity contribution is 0.0696. The minimum Gasteiger partial charge on any atom is -0.440 e. The Balaban J connectivity index is 1.26. The first-order valence-electron chi connectivity index (χ1n) is 10.1. The maximum absolute atomic E-state index is 13.1. The van der Waals surface area contributed by atoms with Gasteiger partial charge in [-0.1, -0.05) is 42.5 Å². The van der Waals surface area contributed by atoms with E-state index in [0.717, 1.165) is 48.6 Å². The average molecular weight is 385 g/mol. The molecule has 2 aromatic heterocycles. The lowest BCUT2D eigenvalue weighted by Crippen LogP contribution is -2.38. The van der Waals surface area contributed by atoms with Crippen LogP contribution in [-0.2, 0) is 6.54 Å². The minimum absolute atomic E-state index is 0.0990. The number of hydrogen-bond acceptors (Lipinski definition) is 3. The topological polar surface area (TPSA) is 51.3 Å². The number of hydrogen-bond donors (Lipinski definition) is 0. The van der Waals surface area contributed by atoms with Gasteiger partial charge in [0.05, 0.1) is 0 Å². The summed E-state index contributed by atoms with van der Waals surface area (Å²) < 4.78 is 7.97. The van der Waals surface area contributed by atoms with Crippen molar-refractivity contribution in [3.63, 3.8) is 0 Å².